The number of nitrogens with one attached hydrogen (secondary N) is 1. The number of anilines is 1. The van der Waals surface area contributed by atoms with E-state index in [4.69, 9.17) is 0 Å². The zero-order valence-electron chi connectivity index (χ0n) is 12.8. The molecule has 0 unspecified atom stereocenters. The van der Waals surface area contributed by atoms with Crippen molar-refractivity contribution >= 4 is 22.9 Å². The van der Waals surface area contributed by atoms with Crippen LogP contribution >= 0.6 is 11.3 Å². The minimum Gasteiger partial charge on any atom is -0.326 e. The molecular formula is C18H17N3OS. The van der Waals surface area contributed by atoms with Crippen molar-refractivity contribution in [1.29, 1.82) is 0 Å². The van der Waals surface area contributed by atoms with Crippen LogP contribution in [0.5, 0.6) is 0 Å². The highest BCUT2D eigenvalue weighted by Crippen LogP contribution is 2.23. The number of carbonyl (C=O) groups is 1. The van der Waals surface area contributed by atoms with Gasteiger partial charge in [0.15, 0.2) is 0 Å². The largest absolute Gasteiger partial charge is 0.326 e. The molecule has 2 heterocycles. The zero-order chi connectivity index (χ0) is 16.1. The fourth-order valence-corrected chi connectivity index (χ4v) is 2.87. The molecule has 2 aromatic heterocycles. The molecule has 0 spiro atoms. The summed E-state index contributed by atoms with van der Waals surface area (Å²) in [5.41, 5.74) is 3.90. The first-order chi connectivity index (χ1) is 11.2. The van der Waals surface area contributed by atoms with Crippen LogP contribution in [0.15, 0.2) is 54.2 Å². The van der Waals surface area contributed by atoms with Crippen LogP contribution < -0.4 is 5.32 Å². The molecule has 0 radical (unpaired) electrons. The molecule has 1 amide bonds. The smallest absolute Gasteiger partial charge is 0.224 e. The lowest BCUT2D eigenvalue weighted by atomic mass is 10.1. The number of amides is 1. The lowest BCUT2D eigenvalue weighted by Gasteiger charge is -2.06. The van der Waals surface area contributed by atoms with E-state index in [1.54, 1.807) is 23.7 Å². The predicted octanol–water partition coefficient (Wildman–Crippen LogP) is 4.08. The predicted molar refractivity (Wildman–Crippen MR) is 93.5 cm³/mol. The lowest BCUT2D eigenvalue weighted by Crippen LogP contribution is -2.12. The number of hydrogen-bond acceptors (Lipinski definition) is 4. The van der Waals surface area contributed by atoms with Crippen LogP contribution in [0.1, 0.15) is 17.0 Å². The molecule has 0 aliphatic rings. The Morgan fingerprint density at radius 3 is 2.70 bits per heavy atom. The number of rotatable bonds is 5. The van der Waals surface area contributed by atoms with E-state index >= 15 is 0 Å². The van der Waals surface area contributed by atoms with Gasteiger partial charge in [-0.3, -0.25) is 9.78 Å². The number of pyridine rings is 1. The van der Waals surface area contributed by atoms with Gasteiger partial charge in [-0.25, -0.2) is 4.98 Å². The number of carbonyl (C=O) groups excluding carboxylic acids is 1. The summed E-state index contributed by atoms with van der Waals surface area (Å²) in [6.45, 7) is 1.99. The van der Waals surface area contributed by atoms with Crippen LogP contribution in [-0.2, 0) is 11.2 Å². The van der Waals surface area contributed by atoms with Gasteiger partial charge < -0.3 is 5.32 Å². The van der Waals surface area contributed by atoms with E-state index in [1.807, 2.05) is 48.7 Å². The molecule has 0 atom stereocenters. The average Bonchev–Trinajstić information content (AvgIpc) is 3.01. The second-order valence-electron chi connectivity index (χ2n) is 5.24. The summed E-state index contributed by atoms with van der Waals surface area (Å²) in [6.07, 6.45) is 4.65. The van der Waals surface area contributed by atoms with E-state index in [0.717, 1.165) is 27.5 Å². The van der Waals surface area contributed by atoms with Crippen molar-refractivity contribution in [2.75, 3.05) is 5.32 Å². The van der Waals surface area contributed by atoms with Gasteiger partial charge in [-0.2, -0.15) is 0 Å². The zero-order valence-corrected chi connectivity index (χ0v) is 13.6. The molecule has 0 aliphatic carbocycles. The number of aryl methyl sites for hydroxylation is 2. The Hall–Kier alpha value is -2.53. The van der Waals surface area contributed by atoms with Crippen LogP contribution in [-0.4, -0.2) is 15.9 Å². The van der Waals surface area contributed by atoms with Crippen LogP contribution in [0.2, 0.25) is 0 Å². The number of benzene rings is 1. The Morgan fingerprint density at radius 2 is 2.04 bits per heavy atom. The molecule has 3 rings (SSSR count). The third kappa shape index (κ3) is 4.23. The highest BCUT2D eigenvalue weighted by atomic mass is 32.1. The van der Waals surface area contributed by atoms with Gasteiger partial charge >= 0.3 is 0 Å². The number of thiazole rings is 1. The highest BCUT2D eigenvalue weighted by Gasteiger charge is 2.05. The quantitative estimate of drug-likeness (QED) is 0.769. The molecular weight excluding hydrogens is 306 g/mol. The number of aromatic nitrogens is 2. The van der Waals surface area contributed by atoms with Crippen molar-refractivity contribution < 1.29 is 4.79 Å². The van der Waals surface area contributed by atoms with Gasteiger partial charge in [-0.15, -0.1) is 11.3 Å². The van der Waals surface area contributed by atoms with E-state index in [9.17, 15) is 4.79 Å². The average molecular weight is 323 g/mol. The van der Waals surface area contributed by atoms with Crippen molar-refractivity contribution in [3.8, 4) is 11.3 Å². The molecule has 0 bridgehead atoms. The summed E-state index contributed by atoms with van der Waals surface area (Å²) >= 11 is 1.63. The minimum atomic E-state index is 0.00565. The van der Waals surface area contributed by atoms with E-state index in [1.165, 1.54) is 0 Å². The summed E-state index contributed by atoms with van der Waals surface area (Å²) in [7, 11) is 0. The van der Waals surface area contributed by atoms with Crippen molar-refractivity contribution in [2.45, 2.75) is 19.8 Å². The maximum Gasteiger partial charge on any atom is 0.224 e. The Balaban J connectivity index is 1.56. The topological polar surface area (TPSA) is 54.9 Å². The Kier molecular flexibility index (Phi) is 4.78. The van der Waals surface area contributed by atoms with Crippen LogP contribution in [0.4, 0.5) is 5.69 Å². The highest BCUT2D eigenvalue weighted by molar-refractivity contribution is 7.09. The molecule has 0 aliphatic heterocycles. The first-order valence-corrected chi connectivity index (χ1v) is 8.30. The van der Waals surface area contributed by atoms with Crippen molar-refractivity contribution in [3.63, 3.8) is 0 Å². The summed E-state index contributed by atoms with van der Waals surface area (Å²) in [5, 5.41) is 6.01. The molecule has 1 aromatic carbocycles. The van der Waals surface area contributed by atoms with Gasteiger partial charge in [0.1, 0.15) is 0 Å². The molecule has 0 saturated heterocycles. The Bertz CT molecular complexity index is 782. The van der Waals surface area contributed by atoms with Crippen molar-refractivity contribution in [1.82, 2.24) is 9.97 Å². The van der Waals surface area contributed by atoms with E-state index in [-0.39, 0.29) is 5.91 Å². The summed E-state index contributed by atoms with van der Waals surface area (Å²) in [4.78, 5) is 20.5. The minimum absolute atomic E-state index is 0.00565. The third-order valence-electron chi connectivity index (χ3n) is 3.45. The third-order valence-corrected chi connectivity index (χ3v) is 4.22. The van der Waals surface area contributed by atoms with E-state index in [0.29, 0.717) is 12.8 Å². The Labute approximate surface area is 139 Å². The first-order valence-electron chi connectivity index (χ1n) is 7.42. The lowest BCUT2D eigenvalue weighted by molar-refractivity contribution is -0.116. The van der Waals surface area contributed by atoms with Gasteiger partial charge in [0, 0.05) is 35.4 Å². The maximum atomic E-state index is 12.0. The fourth-order valence-electron chi connectivity index (χ4n) is 2.25. The summed E-state index contributed by atoms with van der Waals surface area (Å²) in [6, 6.07) is 11.6. The van der Waals surface area contributed by atoms with Gasteiger partial charge in [0.05, 0.1) is 10.7 Å². The van der Waals surface area contributed by atoms with Crippen LogP contribution in [0.25, 0.3) is 11.3 Å². The van der Waals surface area contributed by atoms with E-state index in [2.05, 4.69) is 15.3 Å². The van der Waals surface area contributed by atoms with Crippen LogP contribution in [0.3, 0.4) is 0 Å². The summed E-state index contributed by atoms with van der Waals surface area (Å²) < 4.78 is 0. The molecule has 4 nitrogen and oxygen atoms in total. The number of hydrogen-bond donors (Lipinski definition) is 1. The van der Waals surface area contributed by atoms with E-state index < -0.39 is 0 Å². The SMILES string of the molecule is Cc1nc(-c2ccc(NC(=O)CCc3cccnc3)cc2)cs1. The van der Waals surface area contributed by atoms with Gasteiger partial charge in [0.25, 0.3) is 0 Å². The molecule has 23 heavy (non-hydrogen) atoms. The molecule has 3 aromatic rings. The first kappa shape index (κ1) is 15.4. The Morgan fingerprint density at radius 1 is 1.22 bits per heavy atom. The molecule has 116 valence electrons. The van der Waals surface area contributed by atoms with Gasteiger partial charge in [-0.1, -0.05) is 18.2 Å². The molecule has 5 heteroatoms. The monoisotopic (exact) mass is 323 g/mol. The standard InChI is InChI=1S/C18H17N3OS/c1-13-20-17(12-23-13)15-5-7-16(8-6-15)21-18(22)9-4-14-3-2-10-19-11-14/h2-3,5-8,10-12H,4,9H2,1H3,(H,21,22). The van der Waals surface area contributed by atoms with Crippen molar-refractivity contribution in [2.24, 2.45) is 0 Å². The molecule has 0 saturated carbocycles. The molecule has 0 fully saturated rings. The van der Waals surface area contributed by atoms with Crippen LogP contribution in [0, 0.1) is 6.92 Å². The second-order valence-corrected chi connectivity index (χ2v) is 6.30. The van der Waals surface area contributed by atoms with Gasteiger partial charge in [0.2, 0.25) is 5.91 Å². The maximum absolute atomic E-state index is 12.0. The normalized spacial score (nSPS) is 10.5. The number of nitrogens with zero attached hydrogens (tertiary/aromatic N) is 2. The molecule has 1 N–H and O–H groups in total. The second kappa shape index (κ2) is 7.15. The van der Waals surface area contributed by atoms with Crippen molar-refractivity contribution in [3.05, 3.63) is 64.7 Å². The summed E-state index contributed by atoms with van der Waals surface area (Å²) in [5.74, 6) is 0.00565. The fraction of sp³-hybridized carbons (Fsp3) is 0.167. The van der Waals surface area contributed by atoms with Gasteiger partial charge in [-0.05, 0) is 37.1 Å².